The molecule has 0 saturated carbocycles. The van der Waals surface area contributed by atoms with Crippen molar-refractivity contribution in [2.24, 2.45) is 0 Å². The van der Waals surface area contributed by atoms with Crippen LogP contribution >= 0.6 is 12.4 Å². The van der Waals surface area contributed by atoms with Crippen molar-refractivity contribution in [3.05, 3.63) is 24.0 Å². The minimum Gasteiger partial charge on any atom is -0.397 e. The summed E-state index contributed by atoms with van der Waals surface area (Å²) in [5, 5.41) is 2.84. The summed E-state index contributed by atoms with van der Waals surface area (Å²) in [6.45, 7) is 1.47. The number of anilines is 1. The first kappa shape index (κ1) is 15.7. The number of hydrogen-bond acceptors (Lipinski definition) is 4. The van der Waals surface area contributed by atoms with E-state index in [1.54, 1.807) is 12.1 Å². The second-order valence-electron chi connectivity index (χ2n) is 4.51. The van der Waals surface area contributed by atoms with Crippen LogP contribution in [0.25, 0.3) is 0 Å². The highest BCUT2D eigenvalue weighted by atomic mass is 35.5. The molecule has 0 radical (unpaired) electrons. The number of amides is 1. The summed E-state index contributed by atoms with van der Waals surface area (Å²) in [7, 11) is 0. The predicted molar refractivity (Wildman–Crippen MR) is 76.4 cm³/mol. The van der Waals surface area contributed by atoms with Gasteiger partial charge in [0.05, 0.1) is 18.0 Å². The van der Waals surface area contributed by atoms with Crippen molar-refractivity contribution in [3.63, 3.8) is 0 Å². The zero-order valence-electron chi connectivity index (χ0n) is 10.8. The Labute approximate surface area is 119 Å². The number of nitrogens with one attached hydrogen (secondary N) is 1. The Morgan fingerprint density at radius 3 is 2.95 bits per heavy atom. The zero-order valence-corrected chi connectivity index (χ0v) is 11.6. The molecule has 19 heavy (non-hydrogen) atoms. The van der Waals surface area contributed by atoms with Crippen LogP contribution in [0.4, 0.5) is 5.69 Å². The van der Waals surface area contributed by atoms with E-state index in [9.17, 15) is 4.79 Å². The number of rotatable bonds is 4. The van der Waals surface area contributed by atoms with Crippen molar-refractivity contribution in [1.82, 2.24) is 10.3 Å². The standard InChI is InChI=1S/C13H19N3O2.ClH/c14-10-4-5-12(16-9-10)13(17)15-7-6-11-3-1-2-8-18-11;/h4-5,9,11H,1-3,6-8,14H2,(H,15,17);1H. The lowest BCUT2D eigenvalue weighted by Crippen LogP contribution is -2.29. The third kappa shape index (κ3) is 5.04. The van der Waals surface area contributed by atoms with Crippen LogP contribution in [0.1, 0.15) is 36.2 Å². The molecule has 1 aliphatic heterocycles. The van der Waals surface area contributed by atoms with Gasteiger partial charge >= 0.3 is 0 Å². The number of hydrogen-bond donors (Lipinski definition) is 2. The normalized spacial score (nSPS) is 18.4. The van der Waals surface area contributed by atoms with E-state index >= 15 is 0 Å². The minimum absolute atomic E-state index is 0. The van der Waals surface area contributed by atoms with Crippen LogP contribution in [-0.2, 0) is 4.74 Å². The summed E-state index contributed by atoms with van der Waals surface area (Å²) in [6.07, 6.45) is 6.10. The third-order valence-corrected chi connectivity index (χ3v) is 3.04. The van der Waals surface area contributed by atoms with Crippen molar-refractivity contribution in [1.29, 1.82) is 0 Å². The summed E-state index contributed by atoms with van der Waals surface area (Å²) in [5.74, 6) is -0.161. The van der Waals surface area contributed by atoms with Crippen LogP contribution in [-0.4, -0.2) is 30.1 Å². The van der Waals surface area contributed by atoms with Gasteiger partial charge in [-0.1, -0.05) is 0 Å². The first-order valence-corrected chi connectivity index (χ1v) is 6.37. The van der Waals surface area contributed by atoms with Crippen LogP contribution in [0.3, 0.4) is 0 Å². The second-order valence-corrected chi connectivity index (χ2v) is 4.51. The lowest BCUT2D eigenvalue weighted by molar-refractivity contribution is 0.0117. The minimum atomic E-state index is -0.161. The molecule has 2 heterocycles. The van der Waals surface area contributed by atoms with Gasteiger partial charge in [0, 0.05) is 13.2 Å². The quantitative estimate of drug-likeness (QED) is 0.884. The maximum atomic E-state index is 11.7. The van der Waals surface area contributed by atoms with Crippen molar-refractivity contribution in [2.75, 3.05) is 18.9 Å². The van der Waals surface area contributed by atoms with Crippen LogP contribution in [0.15, 0.2) is 18.3 Å². The van der Waals surface area contributed by atoms with Gasteiger partial charge in [0.1, 0.15) is 5.69 Å². The molecular formula is C13H20ClN3O2. The molecule has 106 valence electrons. The highest BCUT2D eigenvalue weighted by Gasteiger charge is 2.14. The molecule has 1 aliphatic rings. The van der Waals surface area contributed by atoms with E-state index in [4.69, 9.17) is 10.5 Å². The molecule has 1 atom stereocenters. The molecule has 5 nitrogen and oxygen atoms in total. The number of aromatic nitrogens is 1. The number of pyridine rings is 1. The lowest BCUT2D eigenvalue weighted by atomic mass is 10.1. The Balaban J connectivity index is 0.00000180. The molecule has 1 fully saturated rings. The smallest absolute Gasteiger partial charge is 0.269 e. The molecular weight excluding hydrogens is 266 g/mol. The number of carbonyl (C=O) groups is 1. The maximum absolute atomic E-state index is 11.7. The van der Waals surface area contributed by atoms with Gasteiger partial charge in [-0.3, -0.25) is 4.79 Å². The van der Waals surface area contributed by atoms with Crippen molar-refractivity contribution in [2.45, 2.75) is 31.8 Å². The number of nitrogen functional groups attached to an aromatic ring is 1. The first-order chi connectivity index (χ1) is 8.75. The Morgan fingerprint density at radius 1 is 1.47 bits per heavy atom. The topological polar surface area (TPSA) is 77.2 Å². The van der Waals surface area contributed by atoms with Crippen LogP contribution in [0.2, 0.25) is 0 Å². The summed E-state index contributed by atoms with van der Waals surface area (Å²) in [5.41, 5.74) is 6.47. The maximum Gasteiger partial charge on any atom is 0.269 e. The molecule has 1 amide bonds. The molecule has 1 unspecified atom stereocenters. The van der Waals surface area contributed by atoms with E-state index in [2.05, 4.69) is 10.3 Å². The van der Waals surface area contributed by atoms with Crippen molar-refractivity contribution < 1.29 is 9.53 Å². The van der Waals surface area contributed by atoms with Gasteiger partial charge in [-0.25, -0.2) is 4.98 Å². The molecule has 0 spiro atoms. The second kappa shape index (κ2) is 7.96. The number of nitrogens with zero attached hydrogens (tertiary/aromatic N) is 1. The van der Waals surface area contributed by atoms with Crippen LogP contribution < -0.4 is 11.1 Å². The zero-order chi connectivity index (χ0) is 12.8. The predicted octanol–water partition coefficient (Wildman–Crippen LogP) is 1.77. The molecule has 2 rings (SSSR count). The summed E-state index contributed by atoms with van der Waals surface area (Å²) < 4.78 is 5.60. The number of ether oxygens (including phenoxy) is 1. The highest BCUT2D eigenvalue weighted by molar-refractivity contribution is 5.92. The van der Waals surface area contributed by atoms with Crippen LogP contribution in [0, 0.1) is 0 Å². The van der Waals surface area contributed by atoms with Crippen molar-refractivity contribution in [3.8, 4) is 0 Å². The van der Waals surface area contributed by atoms with E-state index in [-0.39, 0.29) is 18.3 Å². The number of nitrogens with two attached hydrogens (primary N) is 1. The van der Waals surface area contributed by atoms with Gasteiger partial charge in [-0.05, 0) is 37.8 Å². The van der Waals surface area contributed by atoms with Gasteiger partial charge < -0.3 is 15.8 Å². The van der Waals surface area contributed by atoms with Gasteiger partial charge in [0.2, 0.25) is 0 Å². The summed E-state index contributed by atoms with van der Waals surface area (Å²) >= 11 is 0. The van der Waals surface area contributed by atoms with E-state index < -0.39 is 0 Å². The van der Waals surface area contributed by atoms with Gasteiger partial charge in [0.15, 0.2) is 0 Å². The van der Waals surface area contributed by atoms with Gasteiger partial charge in [0.25, 0.3) is 5.91 Å². The van der Waals surface area contributed by atoms with Gasteiger partial charge in [-0.2, -0.15) is 0 Å². The highest BCUT2D eigenvalue weighted by Crippen LogP contribution is 2.14. The SMILES string of the molecule is Cl.Nc1ccc(C(=O)NCCC2CCCCO2)nc1. The summed E-state index contributed by atoms with van der Waals surface area (Å²) in [4.78, 5) is 15.7. The van der Waals surface area contributed by atoms with Gasteiger partial charge in [-0.15, -0.1) is 12.4 Å². The number of carbonyl (C=O) groups excluding carboxylic acids is 1. The van der Waals surface area contributed by atoms with Crippen molar-refractivity contribution >= 4 is 24.0 Å². The number of halogens is 1. The fourth-order valence-electron chi connectivity index (χ4n) is 2.01. The van der Waals surface area contributed by atoms with E-state index in [0.29, 0.717) is 24.0 Å². The van der Waals surface area contributed by atoms with E-state index in [0.717, 1.165) is 25.9 Å². The van der Waals surface area contributed by atoms with Crippen LogP contribution in [0.5, 0.6) is 0 Å². The fraction of sp³-hybridized carbons (Fsp3) is 0.538. The molecule has 1 aromatic rings. The monoisotopic (exact) mass is 285 g/mol. The Hall–Kier alpha value is -1.33. The largest absolute Gasteiger partial charge is 0.397 e. The molecule has 0 bridgehead atoms. The average Bonchev–Trinajstić information content (AvgIpc) is 2.40. The Morgan fingerprint density at radius 2 is 2.32 bits per heavy atom. The molecule has 6 heteroatoms. The third-order valence-electron chi connectivity index (χ3n) is 3.04. The first-order valence-electron chi connectivity index (χ1n) is 6.37. The molecule has 1 saturated heterocycles. The molecule has 0 aromatic carbocycles. The average molecular weight is 286 g/mol. The Kier molecular flexibility index (Phi) is 6.59. The molecule has 0 aliphatic carbocycles. The fourth-order valence-corrected chi connectivity index (χ4v) is 2.01. The molecule has 1 aromatic heterocycles. The Bertz CT molecular complexity index is 391. The molecule has 3 N–H and O–H groups in total. The summed E-state index contributed by atoms with van der Waals surface area (Å²) in [6, 6.07) is 3.30. The van der Waals surface area contributed by atoms with E-state index in [1.165, 1.54) is 12.6 Å². The van der Waals surface area contributed by atoms with E-state index in [1.807, 2.05) is 0 Å². The lowest BCUT2D eigenvalue weighted by Gasteiger charge is -2.22.